The van der Waals surface area contributed by atoms with Gasteiger partial charge in [0.15, 0.2) is 0 Å². The van der Waals surface area contributed by atoms with Gasteiger partial charge in [-0.15, -0.1) is 0 Å². The van der Waals surface area contributed by atoms with Gasteiger partial charge in [-0.1, -0.05) is 30.4 Å². The Morgan fingerprint density at radius 2 is 2.28 bits per heavy atom. The fraction of sp³-hybridized carbons (Fsp3) is 0.357. The zero-order valence-electron chi connectivity index (χ0n) is 10.3. The number of carbonyl (C=O) groups excluding carboxylic acids is 1. The molecule has 4 nitrogen and oxygen atoms in total. The molecule has 18 heavy (non-hydrogen) atoms. The molecule has 0 spiro atoms. The van der Waals surface area contributed by atoms with Crippen LogP contribution >= 0.6 is 0 Å². The van der Waals surface area contributed by atoms with Gasteiger partial charge in [-0.25, -0.2) is 0 Å². The third-order valence-corrected chi connectivity index (χ3v) is 2.97. The van der Waals surface area contributed by atoms with Crippen LogP contribution in [0.4, 0.5) is 0 Å². The van der Waals surface area contributed by atoms with Crippen LogP contribution in [0.15, 0.2) is 36.4 Å². The Kier molecular flexibility index (Phi) is 4.36. The molecule has 1 aromatic carbocycles. The lowest BCUT2D eigenvalue weighted by Crippen LogP contribution is -2.32. The van der Waals surface area contributed by atoms with E-state index in [-0.39, 0.29) is 11.8 Å². The molecule has 1 aliphatic rings. The monoisotopic (exact) mass is 246 g/mol. The molecule has 0 saturated heterocycles. The number of nitrogens with one attached hydrogen (secondary N) is 1. The van der Waals surface area contributed by atoms with Crippen molar-refractivity contribution in [2.75, 3.05) is 19.7 Å². The van der Waals surface area contributed by atoms with Crippen LogP contribution in [0.3, 0.4) is 0 Å². The smallest absolute Gasteiger partial charge is 0.228 e. The molecule has 2 rings (SSSR count). The minimum Gasteiger partial charge on any atom is -0.493 e. The van der Waals surface area contributed by atoms with Crippen molar-refractivity contribution in [2.45, 2.75) is 12.3 Å². The van der Waals surface area contributed by atoms with Gasteiger partial charge in [0.25, 0.3) is 0 Å². The molecule has 3 N–H and O–H groups in total. The van der Waals surface area contributed by atoms with Gasteiger partial charge >= 0.3 is 0 Å². The van der Waals surface area contributed by atoms with E-state index in [0.717, 1.165) is 17.7 Å². The summed E-state index contributed by atoms with van der Waals surface area (Å²) >= 11 is 0. The molecule has 1 aromatic rings. The predicted octanol–water partition coefficient (Wildman–Crippen LogP) is 1.18. The van der Waals surface area contributed by atoms with Crippen LogP contribution in [0.5, 0.6) is 5.75 Å². The molecular formula is C14H18N2O2. The maximum Gasteiger partial charge on any atom is 0.228 e. The predicted molar refractivity (Wildman–Crippen MR) is 70.5 cm³/mol. The number of fused-ring (bicyclic) bond motifs is 1. The van der Waals surface area contributed by atoms with Crippen LogP contribution in [0.2, 0.25) is 0 Å². The molecule has 1 unspecified atom stereocenters. The summed E-state index contributed by atoms with van der Waals surface area (Å²) in [5.74, 6) is 0.759. The SMILES string of the molecule is NC/C=C/CNC(=O)C1CCOc2ccccc21. The fourth-order valence-electron chi connectivity index (χ4n) is 2.08. The van der Waals surface area contributed by atoms with Crippen molar-refractivity contribution in [2.24, 2.45) is 5.73 Å². The van der Waals surface area contributed by atoms with Gasteiger partial charge in [0.2, 0.25) is 5.91 Å². The Morgan fingerprint density at radius 1 is 1.44 bits per heavy atom. The van der Waals surface area contributed by atoms with Crippen LogP contribution in [0, 0.1) is 0 Å². The van der Waals surface area contributed by atoms with Crippen LogP contribution in [0.25, 0.3) is 0 Å². The average molecular weight is 246 g/mol. The van der Waals surface area contributed by atoms with E-state index in [1.54, 1.807) is 0 Å². The van der Waals surface area contributed by atoms with E-state index in [1.807, 2.05) is 36.4 Å². The van der Waals surface area contributed by atoms with Crippen molar-refractivity contribution in [3.63, 3.8) is 0 Å². The number of hydrogen-bond donors (Lipinski definition) is 2. The number of hydrogen-bond acceptors (Lipinski definition) is 3. The van der Waals surface area contributed by atoms with Crippen LogP contribution in [-0.4, -0.2) is 25.6 Å². The summed E-state index contributed by atoms with van der Waals surface area (Å²) < 4.78 is 5.54. The lowest BCUT2D eigenvalue weighted by atomic mass is 9.92. The first-order valence-electron chi connectivity index (χ1n) is 6.17. The summed E-state index contributed by atoms with van der Waals surface area (Å²) in [6.07, 6.45) is 4.42. The second-order valence-electron chi connectivity index (χ2n) is 4.18. The van der Waals surface area contributed by atoms with Gasteiger partial charge in [-0.3, -0.25) is 4.79 Å². The summed E-state index contributed by atoms with van der Waals surface area (Å²) in [6.45, 7) is 1.61. The molecule has 1 atom stereocenters. The third kappa shape index (κ3) is 2.90. The van der Waals surface area contributed by atoms with E-state index in [1.165, 1.54) is 0 Å². The molecule has 0 radical (unpaired) electrons. The third-order valence-electron chi connectivity index (χ3n) is 2.97. The normalized spacial score (nSPS) is 18.2. The number of benzene rings is 1. The quantitative estimate of drug-likeness (QED) is 0.784. The minimum atomic E-state index is -0.110. The minimum absolute atomic E-state index is 0.0485. The Morgan fingerprint density at radius 3 is 3.11 bits per heavy atom. The maximum absolute atomic E-state index is 12.1. The van der Waals surface area contributed by atoms with E-state index >= 15 is 0 Å². The molecule has 0 saturated carbocycles. The van der Waals surface area contributed by atoms with Gasteiger partial charge in [-0.2, -0.15) is 0 Å². The zero-order chi connectivity index (χ0) is 12.8. The number of para-hydroxylation sites is 1. The zero-order valence-corrected chi connectivity index (χ0v) is 10.3. The highest BCUT2D eigenvalue weighted by Crippen LogP contribution is 2.33. The summed E-state index contributed by atoms with van der Waals surface area (Å²) in [5.41, 5.74) is 6.31. The van der Waals surface area contributed by atoms with Crippen molar-refractivity contribution in [1.82, 2.24) is 5.32 Å². The van der Waals surface area contributed by atoms with E-state index in [2.05, 4.69) is 5.32 Å². The molecule has 96 valence electrons. The number of ether oxygens (including phenoxy) is 1. The lowest BCUT2D eigenvalue weighted by molar-refractivity contribution is -0.123. The number of carbonyl (C=O) groups is 1. The topological polar surface area (TPSA) is 64.3 Å². The first kappa shape index (κ1) is 12.6. The standard InChI is InChI=1S/C14H18N2O2/c15-8-3-4-9-16-14(17)12-7-10-18-13-6-2-1-5-11(12)13/h1-6,12H,7-10,15H2,(H,16,17)/b4-3+. The highest BCUT2D eigenvalue weighted by atomic mass is 16.5. The van der Waals surface area contributed by atoms with E-state index in [9.17, 15) is 4.79 Å². The van der Waals surface area contributed by atoms with Crippen LogP contribution < -0.4 is 15.8 Å². The summed E-state index contributed by atoms with van der Waals surface area (Å²) in [7, 11) is 0. The van der Waals surface area contributed by atoms with E-state index in [4.69, 9.17) is 10.5 Å². The van der Waals surface area contributed by atoms with E-state index < -0.39 is 0 Å². The maximum atomic E-state index is 12.1. The molecule has 4 heteroatoms. The Bertz CT molecular complexity index is 443. The largest absolute Gasteiger partial charge is 0.493 e. The van der Waals surface area contributed by atoms with Gasteiger partial charge in [-0.05, 0) is 12.5 Å². The molecular weight excluding hydrogens is 228 g/mol. The van der Waals surface area contributed by atoms with Crippen molar-refractivity contribution >= 4 is 5.91 Å². The van der Waals surface area contributed by atoms with Gasteiger partial charge in [0.05, 0.1) is 12.5 Å². The molecule has 0 aromatic heterocycles. The number of nitrogens with two attached hydrogens (primary N) is 1. The highest BCUT2D eigenvalue weighted by Gasteiger charge is 2.26. The van der Waals surface area contributed by atoms with Crippen LogP contribution in [0.1, 0.15) is 17.9 Å². The van der Waals surface area contributed by atoms with E-state index in [0.29, 0.717) is 19.7 Å². The molecule has 0 bridgehead atoms. The fourth-order valence-corrected chi connectivity index (χ4v) is 2.08. The summed E-state index contributed by atoms with van der Waals surface area (Å²) in [6, 6.07) is 7.71. The van der Waals surface area contributed by atoms with Gasteiger partial charge in [0, 0.05) is 18.7 Å². The molecule has 1 amide bonds. The number of rotatable bonds is 4. The number of amides is 1. The van der Waals surface area contributed by atoms with Gasteiger partial charge < -0.3 is 15.8 Å². The first-order chi connectivity index (χ1) is 8.83. The molecule has 0 fully saturated rings. The van der Waals surface area contributed by atoms with Crippen molar-refractivity contribution < 1.29 is 9.53 Å². The molecule has 0 aliphatic carbocycles. The van der Waals surface area contributed by atoms with Crippen LogP contribution in [-0.2, 0) is 4.79 Å². The first-order valence-corrected chi connectivity index (χ1v) is 6.17. The highest BCUT2D eigenvalue weighted by molar-refractivity contribution is 5.84. The van der Waals surface area contributed by atoms with Crippen molar-refractivity contribution in [3.05, 3.63) is 42.0 Å². The Balaban J connectivity index is 2.01. The molecule has 1 aliphatic heterocycles. The Labute approximate surface area is 107 Å². The summed E-state index contributed by atoms with van der Waals surface area (Å²) in [4.78, 5) is 12.1. The summed E-state index contributed by atoms with van der Waals surface area (Å²) in [5, 5.41) is 2.89. The van der Waals surface area contributed by atoms with Crippen molar-refractivity contribution in [3.8, 4) is 5.75 Å². The van der Waals surface area contributed by atoms with Gasteiger partial charge in [0.1, 0.15) is 5.75 Å². The second kappa shape index (κ2) is 6.21. The Hall–Kier alpha value is -1.81. The lowest BCUT2D eigenvalue weighted by Gasteiger charge is -2.24. The average Bonchev–Trinajstić information content (AvgIpc) is 2.43. The van der Waals surface area contributed by atoms with Crippen molar-refractivity contribution in [1.29, 1.82) is 0 Å². The second-order valence-corrected chi connectivity index (χ2v) is 4.18. The molecule has 1 heterocycles.